The molecular formula is C18H37NO. The Labute approximate surface area is 127 Å². The minimum absolute atomic E-state index is 0.193. The minimum Gasteiger partial charge on any atom is -0.342 e. The van der Waals surface area contributed by atoms with E-state index in [1.54, 1.807) is 0 Å². The molecule has 0 saturated heterocycles. The van der Waals surface area contributed by atoms with Crippen LogP contribution >= 0.6 is 0 Å². The van der Waals surface area contributed by atoms with E-state index in [2.05, 4.69) is 48.5 Å². The van der Waals surface area contributed by atoms with Crippen LogP contribution in [-0.4, -0.2) is 23.9 Å². The van der Waals surface area contributed by atoms with E-state index in [9.17, 15) is 4.79 Å². The van der Waals surface area contributed by atoms with E-state index < -0.39 is 0 Å². The molecule has 0 aromatic rings. The first-order chi connectivity index (χ1) is 9.05. The minimum atomic E-state index is 0.193. The Hall–Kier alpha value is -0.530. The molecule has 0 atom stereocenters. The van der Waals surface area contributed by atoms with Crippen LogP contribution in [0.4, 0.5) is 0 Å². The molecule has 0 bridgehead atoms. The number of nitrogens with zero attached hydrogens (tertiary/aromatic N) is 1. The van der Waals surface area contributed by atoms with Crippen LogP contribution in [0.15, 0.2) is 0 Å². The quantitative estimate of drug-likeness (QED) is 0.556. The largest absolute Gasteiger partial charge is 0.342 e. The molecule has 1 amide bonds. The Morgan fingerprint density at radius 2 is 1.40 bits per heavy atom. The lowest BCUT2D eigenvalue weighted by molar-refractivity contribution is -0.132. The SMILES string of the molecule is CCN(CC(C)(C)C)C(=O)CCCCCCC(C)(C)C. The second-order valence-electron chi connectivity index (χ2n) is 8.44. The lowest BCUT2D eigenvalue weighted by Crippen LogP contribution is -2.37. The molecule has 0 N–H and O–H groups in total. The van der Waals surface area contributed by atoms with E-state index in [0.717, 1.165) is 25.9 Å². The van der Waals surface area contributed by atoms with Crippen molar-refractivity contribution < 1.29 is 4.79 Å². The molecule has 2 nitrogen and oxygen atoms in total. The van der Waals surface area contributed by atoms with Crippen LogP contribution in [0.25, 0.3) is 0 Å². The maximum absolute atomic E-state index is 12.2. The molecule has 120 valence electrons. The Morgan fingerprint density at radius 1 is 0.850 bits per heavy atom. The van der Waals surface area contributed by atoms with Gasteiger partial charge < -0.3 is 4.90 Å². The zero-order chi connectivity index (χ0) is 15.8. The normalized spacial score (nSPS) is 12.6. The highest BCUT2D eigenvalue weighted by Crippen LogP contribution is 2.22. The third-order valence-corrected chi connectivity index (χ3v) is 3.47. The van der Waals surface area contributed by atoms with Crippen LogP contribution in [0, 0.1) is 10.8 Å². The fourth-order valence-corrected chi connectivity index (χ4v) is 2.39. The summed E-state index contributed by atoms with van der Waals surface area (Å²) in [5.41, 5.74) is 0.639. The number of hydrogen-bond donors (Lipinski definition) is 0. The number of carbonyl (C=O) groups excluding carboxylic acids is 1. The summed E-state index contributed by atoms with van der Waals surface area (Å²) in [6.45, 7) is 17.2. The molecule has 0 aromatic heterocycles. The molecule has 0 rings (SSSR count). The topological polar surface area (TPSA) is 20.3 Å². The maximum Gasteiger partial charge on any atom is 0.222 e. The third kappa shape index (κ3) is 11.3. The Balaban J connectivity index is 3.81. The van der Waals surface area contributed by atoms with Crippen LogP contribution in [-0.2, 0) is 4.79 Å². The highest BCUT2D eigenvalue weighted by Gasteiger charge is 2.19. The van der Waals surface area contributed by atoms with Crippen molar-refractivity contribution in [1.82, 2.24) is 4.90 Å². The summed E-state index contributed by atoms with van der Waals surface area (Å²) in [5, 5.41) is 0. The highest BCUT2D eigenvalue weighted by molar-refractivity contribution is 5.76. The number of hydrogen-bond acceptors (Lipinski definition) is 1. The lowest BCUT2D eigenvalue weighted by Gasteiger charge is -2.29. The van der Waals surface area contributed by atoms with Crippen molar-refractivity contribution in [2.24, 2.45) is 10.8 Å². The van der Waals surface area contributed by atoms with Gasteiger partial charge in [-0.1, -0.05) is 60.8 Å². The Morgan fingerprint density at radius 3 is 1.85 bits per heavy atom. The molecule has 20 heavy (non-hydrogen) atoms. The second-order valence-corrected chi connectivity index (χ2v) is 8.44. The number of carbonyl (C=O) groups is 1. The van der Waals surface area contributed by atoms with E-state index in [4.69, 9.17) is 0 Å². The Bertz CT molecular complexity index is 270. The van der Waals surface area contributed by atoms with Gasteiger partial charge in [-0.3, -0.25) is 4.79 Å². The summed E-state index contributed by atoms with van der Waals surface area (Å²) >= 11 is 0. The van der Waals surface area contributed by atoms with Crippen molar-refractivity contribution in [3.8, 4) is 0 Å². The summed E-state index contributed by atoms with van der Waals surface area (Å²) in [6, 6.07) is 0. The van der Waals surface area contributed by atoms with Crippen LogP contribution in [0.5, 0.6) is 0 Å². The molecule has 0 unspecified atom stereocenters. The summed E-state index contributed by atoms with van der Waals surface area (Å²) in [4.78, 5) is 14.2. The first-order valence-electron chi connectivity index (χ1n) is 8.33. The monoisotopic (exact) mass is 283 g/mol. The van der Waals surface area contributed by atoms with Crippen molar-refractivity contribution in [3.05, 3.63) is 0 Å². The summed E-state index contributed by atoms with van der Waals surface area (Å²) in [6.07, 6.45) is 6.79. The van der Waals surface area contributed by atoms with E-state index in [1.165, 1.54) is 25.7 Å². The van der Waals surface area contributed by atoms with Gasteiger partial charge in [-0.2, -0.15) is 0 Å². The molecule has 2 heteroatoms. The van der Waals surface area contributed by atoms with E-state index in [-0.39, 0.29) is 5.41 Å². The van der Waals surface area contributed by atoms with Crippen LogP contribution in [0.3, 0.4) is 0 Å². The van der Waals surface area contributed by atoms with Crippen LogP contribution in [0.2, 0.25) is 0 Å². The van der Waals surface area contributed by atoms with Crippen molar-refractivity contribution in [1.29, 1.82) is 0 Å². The molecular weight excluding hydrogens is 246 g/mol. The standard InChI is InChI=1S/C18H37NO/c1-8-19(15-18(5,6)7)16(20)13-11-9-10-12-14-17(2,3)4/h8-15H2,1-7H3. The van der Waals surface area contributed by atoms with Crippen LogP contribution < -0.4 is 0 Å². The Kier molecular flexibility index (Phi) is 8.46. The molecule has 0 aliphatic rings. The fraction of sp³-hybridized carbons (Fsp3) is 0.944. The average Bonchev–Trinajstić information content (AvgIpc) is 2.27. The van der Waals surface area contributed by atoms with Gasteiger partial charge in [0.1, 0.15) is 0 Å². The molecule has 0 aliphatic carbocycles. The van der Waals surface area contributed by atoms with Gasteiger partial charge in [0, 0.05) is 19.5 Å². The van der Waals surface area contributed by atoms with Gasteiger partial charge in [0.25, 0.3) is 0 Å². The van der Waals surface area contributed by atoms with E-state index >= 15 is 0 Å². The molecule has 0 aliphatic heterocycles. The highest BCUT2D eigenvalue weighted by atomic mass is 16.2. The maximum atomic E-state index is 12.2. The van der Waals surface area contributed by atoms with Crippen molar-refractivity contribution >= 4 is 5.91 Å². The van der Waals surface area contributed by atoms with Gasteiger partial charge >= 0.3 is 0 Å². The molecule has 0 aromatic carbocycles. The zero-order valence-corrected chi connectivity index (χ0v) is 15.0. The van der Waals surface area contributed by atoms with Crippen molar-refractivity contribution in [2.45, 2.75) is 87.0 Å². The van der Waals surface area contributed by atoms with Crippen LogP contribution in [0.1, 0.15) is 87.0 Å². The molecule has 0 saturated carbocycles. The van der Waals surface area contributed by atoms with Gasteiger partial charge in [-0.05, 0) is 30.6 Å². The fourth-order valence-electron chi connectivity index (χ4n) is 2.39. The smallest absolute Gasteiger partial charge is 0.222 e. The molecule has 0 heterocycles. The van der Waals surface area contributed by atoms with Gasteiger partial charge in [0.05, 0.1) is 0 Å². The second kappa shape index (κ2) is 8.69. The summed E-state index contributed by atoms with van der Waals surface area (Å²) in [7, 11) is 0. The average molecular weight is 283 g/mol. The molecule has 0 radical (unpaired) electrons. The van der Waals surface area contributed by atoms with Gasteiger partial charge in [0.2, 0.25) is 5.91 Å². The van der Waals surface area contributed by atoms with Gasteiger partial charge in [-0.25, -0.2) is 0 Å². The van der Waals surface area contributed by atoms with Crippen molar-refractivity contribution in [2.75, 3.05) is 13.1 Å². The van der Waals surface area contributed by atoms with Gasteiger partial charge in [0.15, 0.2) is 0 Å². The summed E-state index contributed by atoms with van der Waals surface area (Å²) in [5.74, 6) is 0.332. The van der Waals surface area contributed by atoms with E-state index in [0.29, 0.717) is 11.3 Å². The predicted molar refractivity (Wildman–Crippen MR) is 88.9 cm³/mol. The lowest BCUT2D eigenvalue weighted by atomic mass is 9.89. The number of unbranched alkanes of at least 4 members (excludes halogenated alkanes) is 3. The van der Waals surface area contributed by atoms with Crippen molar-refractivity contribution in [3.63, 3.8) is 0 Å². The zero-order valence-electron chi connectivity index (χ0n) is 15.0. The first-order valence-corrected chi connectivity index (χ1v) is 8.33. The number of amides is 1. The van der Waals surface area contributed by atoms with E-state index in [1.807, 2.05) is 4.90 Å². The molecule has 0 fully saturated rings. The molecule has 0 spiro atoms. The summed E-state index contributed by atoms with van der Waals surface area (Å²) < 4.78 is 0. The first kappa shape index (κ1) is 19.5. The van der Waals surface area contributed by atoms with Gasteiger partial charge in [-0.15, -0.1) is 0 Å². The third-order valence-electron chi connectivity index (χ3n) is 3.47. The predicted octanol–water partition coefficient (Wildman–Crippen LogP) is 5.27. The number of rotatable bonds is 8.